The van der Waals surface area contributed by atoms with Gasteiger partial charge in [0.2, 0.25) is 0 Å². The summed E-state index contributed by atoms with van der Waals surface area (Å²) in [6, 6.07) is 4.51. The van der Waals surface area contributed by atoms with Crippen molar-refractivity contribution in [3.8, 4) is 5.75 Å². The monoisotopic (exact) mass is 194 g/mol. The molecule has 1 aromatic carbocycles. The highest BCUT2D eigenvalue weighted by molar-refractivity contribution is 5.95. The summed E-state index contributed by atoms with van der Waals surface area (Å²) in [7, 11) is 0. The molecule has 0 aliphatic heterocycles. The molecule has 0 unspecified atom stereocenters. The summed E-state index contributed by atoms with van der Waals surface area (Å²) < 4.78 is 0. The molecule has 1 rings (SSSR count). The zero-order chi connectivity index (χ0) is 10.7. The van der Waals surface area contributed by atoms with Crippen molar-refractivity contribution in [2.75, 3.05) is 5.73 Å². The quantitative estimate of drug-likeness (QED) is 0.487. The van der Waals surface area contributed by atoms with Gasteiger partial charge < -0.3 is 16.2 Å². The molecule has 4 nitrogen and oxygen atoms in total. The molecular formula is C10H14N2O2. The fourth-order valence-corrected chi connectivity index (χ4v) is 1.03. The highest BCUT2D eigenvalue weighted by Gasteiger charge is 2.08. The molecule has 0 bridgehead atoms. The Hall–Kier alpha value is -1.71. The third kappa shape index (κ3) is 2.39. The third-order valence-electron chi connectivity index (χ3n) is 1.71. The molecule has 0 fully saturated rings. The van der Waals surface area contributed by atoms with Gasteiger partial charge in [0.15, 0.2) is 0 Å². The van der Waals surface area contributed by atoms with Crippen molar-refractivity contribution in [1.82, 2.24) is 5.32 Å². The van der Waals surface area contributed by atoms with Crippen LogP contribution in [0.5, 0.6) is 5.75 Å². The van der Waals surface area contributed by atoms with E-state index in [-0.39, 0.29) is 23.4 Å². The number of aromatic hydroxyl groups is 1. The number of carbonyl (C=O) groups is 1. The molecule has 0 spiro atoms. The Morgan fingerprint density at radius 1 is 1.50 bits per heavy atom. The van der Waals surface area contributed by atoms with Gasteiger partial charge in [-0.15, -0.1) is 0 Å². The van der Waals surface area contributed by atoms with Gasteiger partial charge in [-0.05, 0) is 32.0 Å². The largest absolute Gasteiger partial charge is 0.506 e. The van der Waals surface area contributed by atoms with Crippen LogP contribution < -0.4 is 11.1 Å². The van der Waals surface area contributed by atoms with Gasteiger partial charge in [-0.1, -0.05) is 0 Å². The zero-order valence-corrected chi connectivity index (χ0v) is 8.24. The summed E-state index contributed by atoms with van der Waals surface area (Å²) in [5, 5.41) is 12.0. The van der Waals surface area contributed by atoms with E-state index >= 15 is 0 Å². The Morgan fingerprint density at radius 2 is 2.14 bits per heavy atom. The van der Waals surface area contributed by atoms with Crippen LogP contribution in [0, 0.1) is 0 Å². The van der Waals surface area contributed by atoms with Crippen LogP contribution >= 0.6 is 0 Å². The summed E-state index contributed by atoms with van der Waals surface area (Å²) in [5.74, 6) is -0.281. The molecule has 4 N–H and O–H groups in total. The number of rotatable bonds is 2. The fraction of sp³-hybridized carbons (Fsp3) is 0.300. The number of nitrogen functional groups attached to an aromatic ring is 1. The molecular weight excluding hydrogens is 180 g/mol. The maximum absolute atomic E-state index is 11.5. The van der Waals surface area contributed by atoms with E-state index in [0.717, 1.165) is 0 Å². The van der Waals surface area contributed by atoms with Crippen LogP contribution in [0.3, 0.4) is 0 Å². The summed E-state index contributed by atoms with van der Waals surface area (Å²) in [6.07, 6.45) is 0. The molecule has 0 saturated carbocycles. The molecule has 0 heterocycles. The van der Waals surface area contributed by atoms with Crippen molar-refractivity contribution in [2.24, 2.45) is 0 Å². The van der Waals surface area contributed by atoms with Crippen molar-refractivity contribution < 1.29 is 9.90 Å². The summed E-state index contributed by atoms with van der Waals surface area (Å²) in [6.45, 7) is 3.74. The van der Waals surface area contributed by atoms with Crippen LogP contribution in [0.4, 0.5) is 5.69 Å². The standard InChI is InChI=1S/C10H14N2O2/c1-6(2)12-10(14)7-3-4-8(11)9(13)5-7/h3-6,13H,11H2,1-2H3,(H,12,14). The van der Waals surface area contributed by atoms with E-state index < -0.39 is 0 Å². The first kappa shape index (κ1) is 10.4. The number of hydrogen-bond donors (Lipinski definition) is 3. The number of phenols is 1. The van der Waals surface area contributed by atoms with Gasteiger partial charge in [0.05, 0.1) is 5.69 Å². The van der Waals surface area contributed by atoms with E-state index in [1.54, 1.807) is 6.07 Å². The number of amides is 1. The van der Waals surface area contributed by atoms with Gasteiger partial charge in [0, 0.05) is 11.6 Å². The van der Waals surface area contributed by atoms with Crippen molar-refractivity contribution in [1.29, 1.82) is 0 Å². The van der Waals surface area contributed by atoms with Crippen LogP contribution in [-0.2, 0) is 0 Å². The van der Waals surface area contributed by atoms with Crippen LogP contribution in [0.15, 0.2) is 18.2 Å². The molecule has 76 valence electrons. The average molecular weight is 194 g/mol. The van der Waals surface area contributed by atoms with E-state index in [9.17, 15) is 9.90 Å². The maximum atomic E-state index is 11.5. The van der Waals surface area contributed by atoms with Crippen LogP contribution in [0.2, 0.25) is 0 Å². The molecule has 0 aromatic heterocycles. The molecule has 0 aliphatic carbocycles. The SMILES string of the molecule is CC(C)NC(=O)c1ccc(N)c(O)c1. The predicted octanol–water partition coefficient (Wildman–Crippen LogP) is 1.11. The van der Waals surface area contributed by atoms with Gasteiger partial charge in [-0.2, -0.15) is 0 Å². The topological polar surface area (TPSA) is 75.4 Å². The second kappa shape index (κ2) is 4.00. The van der Waals surface area contributed by atoms with E-state index in [4.69, 9.17) is 5.73 Å². The van der Waals surface area contributed by atoms with E-state index in [2.05, 4.69) is 5.32 Å². The highest BCUT2D eigenvalue weighted by atomic mass is 16.3. The zero-order valence-electron chi connectivity index (χ0n) is 8.24. The number of carbonyl (C=O) groups excluding carboxylic acids is 1. The molecule has 0 radical (unpaired) electrons. The van der Waals surface area contributed by atoms with Crippen molar-refractivity contribution in [3.05, 3.63) is 23.8 Å². The van der Waals surface area contributed by atoms with Crippen LogP contribution in [0.1, 0.15) is 24.2 Å². The normalized spacial score (nSPS) is 10.2. The van der Waals surface area contributed by atoms with Gasteiger partial charge in [0.1, 0.15) is 5.75 Å². The van der Waals surface area contributed by atoms with E-state index in [1.165, 1.54) is 12.1 Å². The van der Waals surface area contributed by atoms with Gasteiger partial charge in [-0.25, -0.2) is 0 Å². The Morgan fingerprint density at radius 3 is 2.64 bits per heavy atom. The first-order valence-electron chi connectivity index (χ1n) is 4.40. The van der Waals surface area contributed by atoms with Gasteiger partial charge in [-0.3, -0.25) is 4.79 Å². The third-order valence-corrected chi connectivity index (χ3v) is 1.71. The highest BCUT2D eigenvalue weighted by Crippen LogP contribution is 2.20. The number of phenolic OH excluding ortho intramolecular Hbond substituents is 1. The Balaban J connectivity index is 2.86. The Kier molecular flexibility index (Phi) is 2.96. The number of hydrogen-bond acceptors (Lipinski definition) is 3. The first-order chi connectivity index (χ1) is 6.50. The smallest absolute Gasteiger partial charge is 0.251 e. The lowest BCUT2D eigenvalue weighted by atomic mass is 10.1. The minimum absolute atomic E-state index is 0.0681. The molecule has 0 aliphatic rings. The lowest BCUT2D eigenvalue weighted by Gasteiger charge is -2.08. The maximum Gasteiger partial charge on any atom is 0.251 e. The molecule has 0 saturated heterocycles. The predicted molar refractivity (Wildman–Crippen MR) is 55.1 cm³/mol. The van der Waals surface area contributed by atoms with Crippen LogP contribution in [0.25, 0.3) is 0 Å². The van der Waals surface area contributed by atoms with E-state index in [0.29, 0.717) is 5.56 Å². The average Bonchev–Trinajstić information content (AvgIpc) is 2.08. The summed E-state index contributed by atoms with van der Waals surface area (Å²) in [4.78, 5) is 11.5. The van der Waals surface area contributed by atoms with Crippen molar-refractivity contribution in [3.63, 3.8) is 0 Å². The van der Waals surface area contributed by atoms with E-state index in [1.807, 2.05) is 13.8 Å². The minimum Gasteiger partial charge on any atom is -0.506 e. The van der Waals surface area contributed by atoms with Gasteiger partial charge >= 0.3 is 0 Å². The molecule has 1 amide bonds. The molecule has 14 heavy (non-hydrogen) atoms. The summed E-state index contributed by atoms with van der Waals surface area (Å²) >= 11 is 0. The first-order valence-corrected chi connectivity index (χ1v) is 4.40. The Labute approximate surface area is 82.7 Å². The van der Waals surface area contributed by atoms with Crippen LogP contribution in [-0.4, -0.2) is 17.1 Å². The number of anilines is 1. The summed E-state index contributed by atoms with van der Waals surface area (Å²) in [5.41, 5.74) is 6.09. The Bertz CT molecular complexity index is 348. The molecule has 1 aromatic rings. The second-order valence-corrected chi connectivity index (χ2v) is 3.40. The molecule has 4 heteroatoms. The molecule has 0 atom stereocenters. The van der Waals surface area contributed by atoms with Gasteiger partial charge in [0.25, 0.3) is 5.91 Å². The van der Waals surface area contributed by atoms with Crippen molar-refractivity contribution >= 4 is 11.6 Å². The number of nitrogens with one attached hydrogen (secondary N) is 1. The lowest BCUT2D eigenvalue weighted by molar-refractivity contribution is 0.0943. The minimum atomic E-state index is -0.213. The fourth-order valence-electron chi connectivity index (χ4n) is 1.03. The number of benzene rings is 1. The number of nitrogens with two attached hydrogens (primary N) is 1. The van der Waals surface area contributed by atoms with Crippen molar-refractivity contribution in [2.45, 2.75) is 19.9 Å². The lowest BCUT2D eigenvalue weighted by Crippen LogP contribution is -2.29. The second-order valence-electron chi connectivity index (χ2n) is 3.40.